The Bertz CT molecular complexity index is 705. The van der Waals surface area contributed by atoms with Crippen LogP contribution < -0.4 is 5.32 Å². The summed E-state index contributed by atoms with van der Waals surface area (Å²) in [5.41, 5.74) is 3.30. The van der Waals surface area contributed by atoms with Gasteiger partial charge in [0.15, 0.2) is 0 Å². The van der Waals surface area contributed by atoms with E-state index in [4.69, 9.17) is 11.6 Å². The van der Waals surface area contributed by atoms with Crippen LogP contribution in [0.1, 0.15) is 22.7 Å². The average Bonchev–Trinajstić information content (AvgIpc) is 2.57. The molecule has 0 saturated carbocycles. The second kappa shape index (κ2) is 6.58. The largest absolute Gasteiger partial charge is 0.359 e. The number of rotatable bonds is 4. The molecule has 0 atom stereocenters. The summed E-state index contributed by atoms with van der Waals surface area (Å²) in [6.07, 6.45) is 1.73. The number of halogens is 1. The van der Waals surface area contributed by atoms with Crippen molar-refractivity contribution in [1.29, 1.82) is 0 Å². The third-order valence-electron chi connectivity index (χ3n) is 3.49. The molecule has 0 aliphatic rings. The molecule has 0 saturated heterocycles. The van der Waals surface area contributed by atoms with Crippen molar-refractivity contribution in [2.45, 2.75) is 13.0 Å². The molecule has 2 aromatic carbocycles. The highest BCUT2D eigenvalue weighted by Crippen LogP contribution is 2.27. The van der Waals surface area contributed by atoms with Crippen molar-refractivity contribution in [3.63, 3.8) is 0 Å². The van der Waals surface area contributed by atoms with Crippen LogP contribution in [0.3, 0.4) is 0 Å². The lowest BCUT2D eigenvalue weighted by molar-refractivity contribution is 0.917. The summed E-state index contributed by atoms with van der Waals surface area (Å²) in [7, 11) is 0. The van der Waals surface area contributed by atoms with E-state index in [0.717, 1.165) is 11.4 Å². The Labute approximate surface area is 135 Å². The lowest BCUT2D eigenvalue weighted by Crippen LogP contribution is -2.14. The van der Waals surface area contributed by atoms with Gasteiger partial charge in [0.25, 0.3) is 0 Å². The quantitative estimate of drug-likeness (QED) is 0.713. The lowest BCUT2D eigenvalue weighted by atomic mass is 9.98. The zero-order valence-electron chi connectivity index (χ0n) is 12.2. The smallest absolute Gasteiger partial charge is 0.224 e. The summed E-state index contributed by atoms with van der Waals surface area (Å²) >= 11 is 5.93. The Balaban J connectivity index is 2.01. The first-order valence-electron chi connectivity index (χ1n) is 7.09. The maximum atomic E-state index is 5.93. The molecule has 0 bridgehead atoms. The third kappa shape index (κ3) is 3.26. The van der Waals surface area contributed by atoms with E-state index < -0.39 is 0 Å². The first-order chi connectivity index (χ1) is 10.7. The maximum absolute atomic E-state index is 5.93. The van der Waals surface area contributed by atoms with Gasteiger partial charge >= 0.3 is 0 Å². The van der Waals surface area contributed by atoms with Crippen LogP contribution in [-0.2, 0) is 0 Å². The van der Waals surface area contributed by atoms with E-state index in [2.05, 4.69) is 39.6 Å². The molecular weight excluding hydrogens is 294 g/mol. The summed E-state index contributed by atoms with van der Waals surface area (Å²) in [6, 6.07) is 20.6. The predicted molar refractivity (Wildman–Crippen MR) is 90.1 cm³/mol. The second-order valence-electron chi connectivity index (χ2n) is 5.07. The lowest BCUT2D eigenvalue weighted by Gasteiger charge is -2.21. The standard InChI is InChI=1S/C18H16ClN3/c1-13-12-20-18(19)22-17(13)21-16(14-8-4-2-5-9-14)15-10-6-3-7-11-15/h2-12,16H,1H3,(H,20,21,22). The number of aryl methyl sites for hydroxylation is 1. The van der Waals surface area contributed by atoms with Crippen LogP contribution in [0, 0.1) is 6.92 Å². The first kappa shape index (κ1) is 14.5. The molecule has 1 N–H and O–H groups in total. The zero-order chi connectivity index (χ0) is 15.4. The van der Waals surface area contributed by atoms with E-state index in [9.17, 15) is 0 Å². The van der Waals surface area contributed by atoms with Gasteiger partial charge in [-0.15, -0.1) is 0 Å². The van der Waals surface area contributed by atoms with Gasteiger partial charge in [-0.2, -0.15) is 0 Å². The van der Waals surface area contributed by atoms with Crippen molar-refractivity contribution in [3.05, 3.63) is 88.8 Å². The molecule has 22 heavy (non-hydrogen) atoms. The minimum absolute atomic E-state index is 0.00654. The van der Waals surface area contributed by atoms with E-state index in [1.54, 1.807) is 6.20 Å². The summed E-state index contributed by atoms with van der Waals surface area (Å²) in [5, 5.41) is 3.73. The van der Waals surface area contributed by atoms with Crippen LogP contribution >= 0.6 is 11.6 Å². The second-order valence-corrected chi connectivity index (χ2v) is 5.41. The van der Waals surface area contributed by atoms with Crippen molar-refractivity contribution in [1.82, 2.24) is 9.97 Å². The number of nitrogens with zero attached hydrogens (tertiary/aromatic N) is 2. The normalized spacial score (nSPS) is 10.7. The minimum atomic E-state index is 0.00654. The van der Waals surface area contributed by atoms with Gasteiger partial charge in [0.2, 0.25) is 5.28 Å². The van der Waals surface area contributed by atoms with E-state index in [-0.39, 0.29) is 11.3 Å². The molecular formula is C18H16ClN3. The number of hydrogen-bond acceptors (Lipinski definition) is 3. The van der Waals surface area contributed by atoms with E-state index >= 15 is 0 Å². The van der Waals surface area contributed by atoms with Crippen LogP contribution in [0.15, 0.2) is 66.9 Å². The highest BCUT2D eigenvalue weighted by atomic mass is 35.5. The molecule has 3 rings (SSSR count). The van der Waals surface area contributed by atoms with Gasteiger partial charge in [-0.3, -0.25) is 0 Å². The fourth-order valence-electron chi connectivity index (χ4n) is 2.35. The van der Waals surface area contributed by atoms with Crippen molar-refractivity contribution >= 4 is 17.4 Å². The van der Waals surface area contributed by atoms with Gasteiger partial charge in [0.05, 0.1) is 6.04 Å². The van der Waals surface area contributed by atoms with E-state index in [1.807, 2.05) is 43.3 Å². The Hall–Kier alpha value is -2.39. The number of anilines is 1. The monoisotopic (exact) mass is 309 g/mol. The third-order valence-corrected chi connectivity index (χ3v) is 3.67. The predicted octanol–water partition coefficient (Wildman–Crippen LogP) is 4.64. The molecule has 0 radical (unpaired) electrons. The number of aromatic nitrogens is 2. The summed E-state index contributed by atoms with van der Waals surface area (Å²) in [4.78, 5) is 8.31. The zero-order valence-corrected chi connectivity index (χ0v) is 13.0. The summed E-state index contributed by atoms with van der Waals surface area (Å²) in [6.45, 7) is 1.96. The molecule has 3 aromatic rings. The van der Waals surface area contributed by atoms with Gasteiger partial charge in [0, 0.05) is 11.8 Å². The highest BCUT2D eigenvalue weighted by Gasteiger charge is 2.15. The molecule has 0 amide bonds. The average molecular weight is 310 g/mol. The van der Waals surface area contributed by atoms with Gasteiger partial charge in [0.1, 0.15) is 5.82 Å². The first-order valence-corrected chi connectivity index (χ1v) is 7.47. The summed E-state index contributed by atoms with van der Waals surface area (Å²) in [5.74, 6) is 0.748. The molecule has 0 fully saturated rings. The molecule has 1 aromatic heterocycles. The number of nitrogens with one attached hydrogen (secondary N) is 1. The Morgan fingerprint density at radius 1 is 0.909 bits per heavy atom. The van der Waals surface area contributed by atoms with E-state index in [0.29, 0.717) is 0 Å². The Kier molecular flexibility index (Phi) is 4.35. The maximum Gasteiger partial charge on any atom is 0.224 e. The molecule has 110 valence electrons. The van der Waals surface area contributed by atoms with Crippen LogP contribution in [0.25, 0.3) is 0 Å². The molecule has 0 aliphatic heterocycles. The van der Waals surface area contributed by atoms with Crippen LogP contribution in [0.2, 0.25) is 5.28 Å². The fraction of sp³-hybridized carbons (Fsp3) is 0.111. The van der Waals surface area contributed by atoms with Crippen LogP contribution in [0.4, 0.5) is 5.82 Å². The van der Waals surface area contributed by atoms with Crippen LogP contribution in [-0.4, -0.2) is 9.97 Å². The molecule has 0 aliphatic carbocycles. The number of hydrogen-bond donors (Lipinski definition) is 1. The van der Waals surface area contributed by atoms with Crippen molar-refractivity contribution in [2.24, 2.45) is 0 Å². The highest BCUT2D eigenvalue weighted by molar-refractivity contribution is 6.28. The van der Waals surface area contributed by atoms with Gasteiger partial charge in [-0.05, 0) is 29.7 Å². The molecule has 1 heterocycles. The summed E-state index contributed by atoms with van der Waals surface area (Å²) < 4.78 is 0. The van der Waals surface area contributed by atoms with Gasteiger partial charge in [-0.1, -0.05) is 60.7 Å². The Morgan fingerprint density at radius 2 is 1.45 bits per heavy atom. The Morgan fingerprint density at radius 3 is 2.00 bits per heavy atom. The number of benzene rings is 2. The van der Waals surface area contributed by atoms with Crippen LogP contribution in [0.5, 0.6) is 0 Å². The van der Waals surface area contributed by atoms with E-state index in [1.165, 1.54) is 11.1 Å². The molecule has 3 nitrogen and oxygen atoms in total. The topological polar surface area (TPSA) is 37.8 Å². The molecule has 0 spiro atoms. The fourth-order valence-corrected chi connectivity index (χ4v) is 2.49. The molecule has 0 unspecified atom stereocenters. The van der Waals surface area contributed by atoms with Gasteiger partial charge < -0.3 is 5.32 Å². The van der Waals surface area contributed by atoms with Gasteiger partial charge in [-0.25, -0.2) is 9.97 Å². The van der Waals surface area contributed by atoms with Crippen molar-refractivity contribution in [3.8, 4) is 0 Å². The van der Waals surface area contributed by atoms with Crippen molar-refractivity contribution in [2.75, 3.05) is 5.32 Å². The van der Waals surface area contributed by atoms with Crippen molar-refractivity contribution < 1.29 is 0 Å². The SMILES string of the molecule is Cc1cnc(Cl)nc1NC(c1ccccc1)c1ccccc1. The molecule has 4 heteroatoms. The minimum Gasteiger partial charge on any atom is -0.359 e.